The van der Waals surface area contributed by atoms with Gasteiger partial charge in [0.2, 0.25) is 5.91 Å². The first-order valence-corrected chi connectivity index (χ1v) is 9.76. The van der Waals surface area contributed by atoms with Gasteiger partial charge in [-0.25, -0.2) is 18.1 Å². The number of nitrogens with zero attached hydrogens (tertiary/aromatic N) is 3. The quantitative estimate of drug-likeness (QED) is 0.759. The van der Waals surface area contributed by atoms with E-state index in [1.165, 1.54) is 6.20 Å². The topological polar surface area (TPSA) is 96.3 Å². The Kier molecular flexibility index (Phi) is 4.67. The number of amides is 1. The maximum absolute atomic E-state index is 12.4. The van der Waals surface area contributed by atoms with E-state index in [4.69, 9.17) is 0 Å². The number of aromatic nitrogens is 2. The van der Waals surface area contributed by atoms with Crippen LogP contribution >= 0.6 is 0 Å². The van der Waals surface area contributed by atoms with E-state index in [0.717, 1.165) is 25.7 Å². The molecular formula is C15H25N5O3S. The van der Waals surface area contributed by atoms with E-state index in [1.54, 1.807) is 30.5 Å². The third-order valence-electron chi connectivity index (χ3n) is 5.16. The maximum atomic E-state index is 12.4. The Hall–Kier alpha value is -1.45. The highest BCUT2D eigenvalue weighted by molar-refractivity contribution is 7.89. The van der Waals surface area contributed by atoms with Gasteiger partial charge < -0.3 is 14.8 Å². The molecule has 0 aromatic carbocycles. The van der Waals surface area contributed by atoms with Crippen molar-refractivity contribution in [3.8, 4) is 0 Å². The van der Waals surface area contributed by atoms with Crippen LogP contribution in [0.5, 0.6) is 0 Å². The summed E-state index contributed by atoms with van der Waals surface area (Å²) in [7, 11) is -0.283. The summed E-state index contributed by atoms with van der Waals surface area (Å²) in [6, 6.07) is 1.15. The smallest absolute Gasteiger partial charge is 0.260 e. The van der Waals surface area contributed by atoms with Gasteiger partial charge in [-0.3, -0.25) is 4.79 Å². The molecule has 0 aliphatic carbocycles. The monoisotopic (exact) mass is 355 g/mol. The van der Waals surface area contributed by atoms with Crippen LogP contribution in [-0.2, 0) is 21.9 Å². The van der Waals surface area contributed by atoms with Gasteiger partial charge >= 0.3 is 0 Å². The van der Waals surface area contributed by atoms with Gasteiger partial charge in [-0.05, 0) is 32.6 Å². The molecule has 2 unspecified atom stereocenters. The average Bonchev–Trinajstić information content (AvgIpc) is 3.06. The van der Waals surface area contributed by atoms with Crippen LogP contribution < -0.4 is 10.0 Å². The van der Waals surface area contributed by atoms with Gasteiger partial charge in [-0.2, -0.15) is 0 Å². The lowest BCUT2D eigenvalue weighted by Gasteiger charge is -2.35. The second-order valence-corrected chi connectivity index (χ2v) is 8.54. The molecule has 134 valence electrons. The predicted molar refractivity (Wildman–Crippen MR) is 88.9 cm³/mol. The van der Waals surface area contributed by atoms with Crippen molar-refractivity contribution in [2.24, 2.45) is 7.05 Å². The Morgan fingerprint density at radius 3 is 2.58 bits per heavy atom. The SMILES string of the molecule is Cc1nc(S(=O)(=O)NCC(=O)N(C)C2CC3CCC(C2)N3)cn1C. The standard InChI is InChI=1S/C15H25N5O3S/c1-10-17-14(9-19(10)2)24(22,23)16-8-15(21)20(3)13-6-11-4-5-12(7-13)18-11/h9,11-13,16,18H,4-8H2,1-3H3. The fourth-order valence-electron chi connectivity index (χ4n) is 3.56. The summed E-state index contributed by atoms with van der Waals surface area (Å²) in [5, 5.41) is 3.48. The minimum Gasteiger partial charge on any atom is -0.342 e. The first kappa shape index (κ1) is 17.4. The van der Waals surface area contributed by atoms with E-state index < -0.39 is 10.0 Å². The van der Waals surface area contributed by atoms with E-state index in [0.29, 0.717) is 17.9 Å². The van der Waals surface area contributed by atoms with Crippen molar-refractivity contribution in [2.75, 3.05) is 13.6 Å². The Morgan fingerprint density at radius 1 is 1.42 bits per heavy atom. The van der Waals surface area contributed by atoms with Crippen molar-refractivity contribution in [1.82, 2.24) is 24.5 Å². The molecule has 1 aromatic rings. The van der Waals surface area contributed by atoms with Gasteiger partial charge in [0.05, 0.1) is 6.54 Å². The summed E-state index contributed by atoms with van der Waals surface area (Å²) >= 11 is 0. The second kappa shape index (κ2) is 6.45. The molecule has 0 spiro atoms. The lowest BCUT2D eigenvalue weighted by Crippen LogP contribution is -2.50. The third kappa shape index (κ3) is 3.47. The number of sulfonamides is 1. The molecule has 2 aliphatic rings. The summed E-state index contributed by atoms with van der Waals surface area (Å²) in [6.45, 7) is 1.48. The van der Waals surface area contributed by atoms with Crippen LogP contribution in [0.25, 0.3) is 0 Å². The highest BCUT2D eigenvalue weighted by Crippen LogP contribution is 2.29. The number of piperidine rings is 1. The molecule has 2 aliphatic heterocycles. The number of carbonyl (C=O) groups is 1. The molecular weight excluding hydrogens is 330 g/mol. The van der Waals surface area contributed by atoms with Crippen molar-refractivity contribution in [1.29, 1.82) is 0 Å². The van der Waals surface area contributed by atoms with Crippen LogP contribution in [0.15, 0.2) is 11.2 Å². The lowest BCUT2D eigenvalue weighted by molar-refractivity contribution is -0.131. The van der Waals surface area contributed by atoms with E-state index in [-0.39, 0.29) is 23.5 Å². The van der Waals surface area contributed by atoms with Crippen LogP contribution in [0.4, 0.5) is 0 Å². The number of carbonyl (C=O) groups excluding carboxylic acids is 1. The summed E-state index contributed by atoms with van der Waals surface area (Å²) in [4.78, 5) is 18.1. The number of hydrogen-bond donors (Lipinski definition) is 2. The molecule has 0 radical (unpaired) electrons. The Balaban J connectivity index is 1.58. The van der Waals surface area contributed by atoms with Crippen molar-refractivity contribution in [3.05, 3.63) is 12.0 Å². The number of aryl methyl sites for hydroxylation is 2. The van der Waals surface area contributed by atoms with E-state index in [9.17, 15) is 13.2 Å². The zero-order valence-corrected chi connectivity index (χ0v) is 15.1. The number of nitrogens with one attached hydrogen (secondary N) is 2. The predicted octanol–water partition coefficient (Wildman–Crippen LogP) is -0.252. The van der Waals surface area contributed by atoms with Gasteiger partial charge in [0, 0.05) is 38.4 Å². The fraction of sp³-hybridized carbons (Fsp3) is 0.733. The highest BCUT2D eigenvalue weighted by Gasteiger charge is 2.36. The number of imidazole rings is 1. The van der Waals surface area contributed by atoms with Crippen LogP contribution in [0.1, 0.15) is 31.5 Å². The zero-order valence-electron chi connectivity index (χ0n) is 14.3. The minimum atomic E-state index is -3.77. The molecule has 8 nitrogen and oxygen atoms in total. The van der Waals surface area contributed by atoms with Gasteiger partial charge in [0.15, 0.2) is 5.03 Å². The van der Waals surface area contributed by atoms with Crippen LogP contribution in [-0.4, -0.2) is 60.5 Å². The number of likely N-dealkylation sites (N-methyl/N-ethyl adjacent to an activating group) is 1. The molecule has 2 fully saturated rings. The molecule has 1 amide bonds. The molecule has 1 aromatic heterocycles. The molecule has 2 bridgehead atoms. The van der Waals surface area contributed by atoms with Gasteiger partial charge in [0.25, 0.3) is 10.0 Å². The summed E-state index contributed by atoms with van der Waals surface area (Å²) < 4.78 is 28.5. The molecule has 0 saturated carbocycles. The number of hydrogen-bond acceptors (Lipinski definition) is 5. The first-order valence-electron chi connectivity index (χ1n) is 8.27. The van der Waals surface area contributed by atoms with E-state index >= 15 is 0 Å². The molecule has 3 heterocycles. The second-order valence-electron chi connectivity index (χ2n) is 6.83. The normalized spacial score (nSPS) is 26.5. The summed E-state index contributed by atoms with van der Waals surface area (Å²) in [5.41, 5.74) is 0. The van der Waals surface area contributed by atoms with Crippen molar-refractivity contribution in [2.45, 2.75) is 55.8 Å². The third-order valence-corrected chi connectivity index (χ3v) is 6.44. The van der Waals surface area contributed by atoms with Crippen molar-refractivity contribution < 1.29 is 13.2 Å². The van der Waals surface area contributed by atoms with Crippen LogP contribution in [0.2, 0.25) is 0 Å². The van der Waals surface area contributed by atoms with Gasteiger partial charge in [-0.15, -0.1) is 0 Å². The minimum absolute atomic E-state index is 0.0575. The molecule has 2 atom stereocenters. The molecule has 3 rings (SSSR count). The van der Waals surface area contributed by atoms with Crippen LogP contribution in [0.3, 0.4) is 0 Å². The number of fused-ring (bicyclic) bond motifs is 2. The van der Waals surface area contributed by atoms with E-state index in [1.807, 2.05) is 0 Å². The highest BCUT2D eigenvalue weighted by atomic mass is 32.2. The molecule has 2 N–H and O–H groups in total. The summed E-state index contributed by atoms with van der Waals surface area (Å²) in [6.07, 6.45) is 5.63. The average molecular weight is 355 g/mol. The van der Waals surface area contributed by atoms with Crippen molar-refractivity contribution >= 4 is 15.9 Å². The zero-order chi connectivity index (χ0) is 17.5. The Bertz CT molecular complexity index is 698. The number of rotatable bonds is 5. The summed E-state index contributed by atoms with van der Waals surface area (Å²) in [5.74, 6) is 0.390. The largest absolute Gasteiger partial charge is 0.342 e. The maximum Gasteiger partial charge on any atom is 0.260 e. The van der Waals surface area contributed by atoms with Gasteiger partial charge in [0.1, 0.15) is 5.82 Å². The molecule has 9 heteroatoms. The van der Waals surface area contributed by atoms with E-state index in [2.05, 4.69) is 15.0 Å². The molecule has 2 saturated heterocycles. The Labute approximate surface area is 142 Å². The van der Waals surface area contributed by atoms with Gasteiger partial charge in [-0.1, -0.05) is 0 Å². The lowest BCUT2D eigenvalue weighted by atomic mass is 9.98. The molecule has 24 heavy (non-hydrogen) atoms. The van der Waals surface area contributed by atoms with Crippen LogP contribution in [0, 0.1) is 6.92 Å². The first-order chi connectivity index (χ1) is 11.3. The Morgan fingerprint density at radius 2 is 2.04 bits per heavy atom. The fourth-order valence-corrected chi connectivity index (χ4v) is 4.57. The van der Waals surface area contributed by atoms with Crippen molar-refractivity contribution in [3.63, 3.8) is 0 Å².